The van der Waals surface area contributed by atoms with E-state index >= 15 is 0 Å². The quantitative estimate of drug-likeness (QED) is 0.388. The maximum atomic E-state index is 13.7. The molecule has 5 nitrogen and oxygen atoms in total. The van der Waals surface area contributed by atoms with Gasteiger partial charge in [0.05, 0.1) is 17.8 Å². The standard InChI is InChI=1S/C18H19BrFN3O2S/c1-3-21-18(26)23-22-10-12-8-14(19)17(16(9-12)24-2)25-11-13-6-4-5-7-15(13)20/h4-10H,3,11H2,1-2H3,(H2,21,23,26)/b22-10-. The molecule has 0 fully saturated rings. The van der Waals surface area contributed by atoms with Gasteiger partial charge in [0, 0.05) is 12.1 Å². The van der Waals surface area contributed by atoms with Crippen LogP contribution in [0.3, 0.4) is 0 Å². The van der Waals surface area contributed by atoms with E-state index < -0.39 is 0 Å². The van der Waals surface area contributed by atoms with Crippen molar-refractivity contribution in [3.63, 3.8) is 0 Å². The zero-order valence-corrected chi connectivity index (χ0v) is 16.8. The second-order valence-electron chi connectivity index (χ2n) is 5.14. The number of hydrogen-bond donors (Lipinski definition) is 2. The van der Waals surface area contributed by atoms with Crippen LogP contribution >= 0.6 is 28.1 Å². The molecule has 0 saturated heterocycles. The maximum Gasteiger partial charge on any atom is 0.186 e. The largest absolute Gasteiger partial charge is 0.493 e. The average molecular weight is 440 g/mol. The molecule has 2 aromatic rings. The van der Waals surface area contributed by atoms with Crippen molar-refractivity contribution in [1.29, 1.82) is 0 Å². The van der Waals surface area contributed by atoms with Gasteiger partial charge in [-0.2, -0.15) is 5.10 Å². The normalized spacial score (nSPS) is 10.6. The highest BCUT2D eigenvalue weighted by Crippen LogP contribution is 2.37. The van der Waals surface area contributed by atoms with Gasteiger partial charge in [0.25, 0.3) is 0 Å². The number of hydrogen-bond acceptors (Lipinski definition) is 4. The van der Waals surface area contributed by atoms with Crippen LogP contribution in [0.1, 0.15) is 18.1 Å². The third kappa shape index (κ3) is 5.67. The number of methoxy groups -OCH3 is 1. The van der Waals surface area contributed by atoms with Crippen LogP contribution < -0.4 is 20.2 Å². The van der Waals surface area contributed by atoms with Gasteiger partial charge in [-0.15, -0.1) is 0 Å². The van der Waals surface area contributed by atoms with Gasteiger partial charge >= 0.3 is 0 Å². The summed E-state index contributed by atoms with van der Waals surface area (Å²) in [5, 5.41) is 7.44. The van der Waals surface area contributed by atoms with Crippen molar-refractivity contribution in [2.45, 2.75) is 13.5 Å². The molecule has 0 amide bonds. The van der Waals surface area contributed by atoms with E-state index in [0.717, 1.165) is 12.1 Å². The highest BCUT2D eigenvalue weighted by atomic mass is 79.9. The Hall–Kier alpha value is -2.19. The Morgan fingerprint density at radius 1 is 1.35 bits per heavy atom. The Morgan fingerprint density at radius 2 is 2.12 bits per heavy atom. The van der Waals surface area contributed by atoms with Crippen LogP contribution in [0.2, 0.25) is 0 Å². The molecule has 0 heterocycles. The van der Waals surface area contributed by atoms with Crippen molar-refractivity contribution in [2.75, 3.05) is 13.7 Å². The molecule has 0 bridgehead atoms. The second-order valence-corrected chi connectivity index (χ2v) is 6.41. The van der Waals surface area contributed by atoms with Gasteiger partial charge in [0.15, 0.2) is 16.6 Å². The van der Waals surface area contributed by atoms with Crippen molar-refractivity contribution in [1.82, 2.24) is 10.7 Å². The molecule has 0 aromatic heterocycles. The van der Waals surface area contributed by atoms with Crippen LogP contribution in [0, 0.1) is 5.82 Å². The van der Waals surface area contributed by atoms with Crippen LogP contribution in [0.4, 0.5) is 4.39 Å². The number of hydrazone groups is 1. The van der Waals surface area contributed by atoms with Gasteiger partial charge in [0.2, 0.25) is 0 Å². The first-order valence-electron chi connectivity index (χ1n) is 7.85. The molecule has 0 aliphatic carbocycles. The van der Waals surface area contributed by atoms with Gasteiger partial charge in [-0.05, 0) is 58.8 Å². The molecule has 8 heteroatoms. The first-order valence-corrected chi connectivity index (χ1v) is 9.06. The van der Waals surface area contributed by atoms with E-state index in [4.69, 9.17) is 21.7 Å². The molecule has 2 aromatic carbocycles. The summed E-state index contributed by atoms with van der Waals surface area (Å²) in [6, 6.07) is 10.1. The van der Waals surface area contributed by atoms with Crippen molar-refractivity contribution in [2.24, 2.45) is 5.10 Å². The summed E-state index contributed by atoms with van der Waals surface area (Å²) in [7, 11) is 1.54. The first kappa shape index (κ1) is 20.1. The molecular formula is C18H19BrFN3O2S. The number of thiocarbonyl (C=S) groups is 1. The minimum absolute atomic E-state index is 0.0909. The summed E-state index contributed by atoms with van der Waals surface area (Å²) in [5.41, 5.74) is 3.96. The number of ether oxygens (including phenoxy) is 2. The lowest BCUT2D eigenvalue weighted by atomic mass is 10.2. The molecule has 0 aliphatic heterocycles. The third-order valence-electron chi connectivity index (χ3n) is 3.30. The molecule has 0 aliphatic rings. The molecule has 0 unspecified atom stereocenters. The topological polar surface area (TPSA) is 54.9 Å². The Labute approximate surface area is 165 Å². The molecule has 0 saturated carbocycles. The van der Waals surface area contributed by atoms with Gasteiger partial charge in [0.1, 0.15) is 12.4 Å². The Balaban J connectivity index is 2.12. The maximum absolute atomic E-state index is 13.7. The molecule has 2 N–H and O–H groups in total. The summed E-state index contributed by atoms with van der Waals surface area (Å²) in [6.45, 7) is 2.75. The molecule has 0 radical (unpaired) electrons. The van der Waals surface area contributed by atoms with E-state index in [0.29, 0.717) is 26.6 Å². The molecular weight excluding hydrogens is 421 g/mol. The minimum Gasteiger partial charge on any atom is -0.493 e. The van der Waals surface area contributed by atoms with E-state index in [1.54, 1.807) is 30.5 Å². The van der Waals surface area contributed by atoms with Gasteiger partial charge in [-0.1, -0.05) is 18.2 Å². The van der Waals surface area contributed by atoms with Crippen LogP contribution in [0.5, 0.6) is 11.5 Å². The first-order chi connectivity index (χ1) is 12.5. The minimum atomic E-state index is -0.311. The highest BCUT2D eigenvalue weighted by molar-refractivity contribution is 9.10. The third-order valence-corrected chi connectivity index (χ3v) is 4.12. The Morgan fingerprint density at radius 3 is 2.81 bits per heavy atom. The number of rotatable bonds is 7. The summed E-state index contributed by atoms with van der Waals surface area (Å²) in [6.07, 6.45) is 1.61. The summed E-state index contributed by atoms with van der Waals surface area (Å²) >= 11 is 8.49. The molecule has 2 rings (SSSR count). The van der Waals surface area contributed by atoms with E-state index in [-0.39, 0.29) is 12.4 Å². The predicted octanol–water partition coefficient (Wildman–Crippen LogP) is 3.99. The molecule has 138 valence electrons. The Bertz CT molecular complexity index is 802. The van der Waals surface area contributed by atoms with E-state index in [9.17, 15) is 4.39 Å². The van der Waals surface area contributed by atoms with Crippen LogP contribution in [0.15, 0.2) is 46.0 Å². The van der Waals surface area contributed by atoms with Crippen LogP contribution in [-0.4, -0.2) is 25.0 Å². The van der Waals surface area contributed by atoms with E-state index in [1.165, 1.54) is 13.2 Å². The Kier molecular flexibility index (Phi) is 7.80. The number of benzene rings is 2. The van der Waals surface area contributed by atoms with E-state index in [2.05, 4.69) is 31.8 Å². The lowest BCUT2D eigenvalue weighted by Gasteiger charge is -2.14. The smallest absolute Gasteiger partial charge is 0.186 e. The molecule has 0 spiro atoms. The van der Waals surface area contributed by atoms with Crippen molar-refractivity contribution >= 4 is 39.5 Å². The lowest BCUT2D eigenvalue weighted by Crippen LogP contribution is -2.31. The zero-order chi connectivity index (χ0) is 18.9. The van der Waals surface area contributed by atoms with E-state index in [1.807, 2.05) is 13.0 Å². The number of halogens is 2. The number of nitrogens with zero attached hydrogens (tertiary/aromatic N) is 1. The van der Waals surface area contributed by atoms with Crippen molar-refractivity contribution < 1.29 is 13.9 Å². The monoisotopic (exact) mass is 439 g/mol. The number of nitrogens with one attached hydrogen (secondary N) is 2. The predicted molar refractivity (Wildman–Crippen MR) is 108 cm³/mol. The fraction of sp³-hybridized carbons (Fsp3) is 0.222. The second kappa shape index (κ2) is 10.1. The lowest BCUT2D eigenvalue weighted by molar-refractivity contribution is 0.278. The highest BCUT2D eigenvalue weighted by Gasteiger charge is 2.12. The SMILES string of the molecule is CCNC(=S)N/N=C\c1cc(Br)c(OCc2ccccc2F)c(OC)c1. The average Bonchev–Trinajstić information content (AvgIpc) is 2.62. The summed E-state index contributed by atoms with van der Waals surface area (Å²) < 4.78 is 25.5. The summed E-state index contributed by atoms with van der Waals surface area (Å²) in [5.74, 6) is 0.685. The summed E-state index contributed by atoms with van der Waals surface area (Å²) in [4.78, 5) is 0. The van der Waals surface area contributed by atoms with Crippen LogP contribution in [0.25, 0.3) is 0 Å². The van der Waals surface area contributed by atoms with Crippen LogP contribution in [-0.2, 0) is 6.61 Å². The fourth-order valence-corrected chi connectivity index (χ4v) is 2.86. The van der Waals surface area contributed by atoms with Crippen molar-refractivity contribution in [3.05, 3.63) is 57.8 Å². The van der Waals surface area contributed by atoms with Gasteiger partial charge in [-0.25, -0.2) is 4.39 Å². The molecule has 0 atom stereocenters. The zero-order valence-electron chi connectivity index (χ0n) is 14.4. The van der Waals surface area contributed by atoms with Gasteiger partial charge in [-0.3, -0.25) is 5.43 Å². The van der Waals surface area contributed by atoms with Gasteiger partial charge < -0.3 is 14.8 Å². The van der Waals surface area contributed by atoms with Crippen molar-refractivity contribution in [3.8, 4) is 11.5 Å². The fourth-order valence-electron chi connectivity index (χ4n) is 2.09. The molecule has 26 heavy (non-hydrogen) atoms.